The van der Waals surface area contributed by atoms with E-state index in [1.165, 1.54) is 19.3 Å². The summed E-state index contributed by atoms with van der Waals surface area (Å²) in [6.45, 7) is 4.94. The van der Waals surface area contributed by atoms with Crippen LogP contribution in [0.15, 0.2) is 0 Å². The van der Waals surface area contributed by atoms with Crippen molar-refractivity contribution in [3.05, 3.63) is 0 Å². The van der Waals surface area contributed by atoms with Gasteiger partial charge in [-0.3, -0.25) is 4.79 Å². The van der Waals surface area contributed by atoms with Crippen molar-refractivity contribution in [3.63, 3.8) is 0 Å². The minimum Gasteiger partial charge on any atom is -0.462 e. The third-order valence-corrected chi connectivity index (χ3v) is 3.85. The Hall–Kier alpha value is -0.570. The molecular formula is C14H27NO2. The van der Waals surface area contributed by atoms with Crippen molar-refractivity contribution in [1.82, 2.24) is 0 Å². The first-order chi connectivity index (χ1) is 8.15. The highest BCUT2D eigenvalue weighted by Gasteiger charge is 2.23. The molecule has 1 rings (SSSR count). The second kappa shape index (κ2) is 7.70. The molecule has 2 N–H and O–H groups in total. The highest BCUT2D eigenvalue weighted by atomic mass is 16.5. The molecule has 1 aliphatic carbocycles. The molecule has 3 unspecified atom stereocenters. The molecule has 1 aliphatic rings. The number of hydrogen-bond acceptors (Lipinski definition) is 3. The van der Waals surface area contributed by atoms with E-state index in [2.05, 4.69) is 13.8 Å². The average molecular weight is 241 g/mol. The molecule has 0 aromatic carbocycles. The van der Waals surface area contributed by atoms with Gasteiger partial charge in [0.2, 0.25) is 0 Å². The van der Waals surface area contributed by atoms with Gasteiger partial charge in [-0.15, -0.1) is 0 Å². The lowest BCUT2D eigenvalue weighted by molar-refractivity contribution is -0.151. The Kier molecular flexibility index (Phi) is 6.56. The van der Waals surface area contributed by atoms with E-state index >= 15 is 0 Å². The van der Waals surface area contributed by atoms with Crippen LogP contribution in [0.3, 0.4) is 0 Å². The van der Waals surface area contributed by atoms with Crippen LogP contribution in [-0.2, 0) is 9.53 Å². The van der Waals surface area contributed by atoms with Gasteiger partial charge in [0.1, 0.15) is 6.10 Å². The third-order valence-electron chi connectivity index (χ3n) is 3.85. The van der Waals surface area contributed by atoms with Gasteiger partial charge in [0.05, 0.1) is 0 Å². The molecule has 0 aliphatic heterocycles. The van der Waals surface area contributed by atoms with Gasteiger partial charge in [0, 0.05) is 6.42 Å². The molecular weight excluding hydrogens is 214 g/mol. The summed E-state index contributed by atoms with van der Waals surface area (Å²) in [7, 11) is 0. The Morgan fingerprint density at radius 2 is 2.24 bits per heavy atom. The van der Waals surface area contributed by atoms with E-state index in [9.17, 15) is 4.79 Å². The second-order valence-electron chi connectivity index (χ2n) is 5.43. The van der Waals surface area contributed by atoms with Crippen LogP contribution in [0, 0.1) is 11.8 Å². The van der Waals surface area contributed by atoms with Gasteiger partial charge in [-0.25, -0.2) is 0 Å². The summed E-state index contributed by atoms with van der Waals surface area (Å²) in [4.78, 5) is 11.7. The molecule has 0 spiro atoms. The lowest BCUT2D eigenvalue weighted by Crippen LogP contribution is -2.25. The average Bonchev–Trinajstić information content (AvgIpc) is 2.36. The first-order valence-electron chi connectivity index (χ1n) is 7.05. The van der Waals surface area contributed by atoms with Crippen molar-refractivity contribution < 1.29 is 9.53 Å². The number of carbonyl (C=O) groups excluding carboxylic acids is 1. The molecule has 0 radical (unpaired) electrons. The smallest absolute Gasteiger partial charge is 0.306 e. The minimum atomic E-state index is -0.0351. The summed E-state index contributed by atoms with van der Waals surface area (Å²) < 4.78 is 5.54. The quantitative estimate of drug-likeness (QED) is 0.727. The minimum absolute atomic E-state index is 0.0351. The second-order valence-corrected chi connectivity index (χ2v) is 5.43. The van der Waals surface area contributed by atoms with Crippen molar-refractivity contribution in [2.24, 2.45) is 17.6 Å². The zero-order valence-corrected chi connectivity index (χ0v) is 11.3. The molecule has 0 saturated heterocycles. The van der Waals surface area contributed by atoms with Crippen LogP contribution >= 0.6 is 0 Å². The summed E-state index contributed by atoms with van der Waals surface area (Å²) in [5.74, 6) is 1.13. The molecule has 0 amide bonds. The molecule has 100 valence electrons. The molecule has 3 nitrogen and oxygen atoms in total. The molecule has 0 bridgehead atoms. The van der Waals surface area contributed by atoms with Gasteiger partial charge in [-0.05, 0) is 44.1 Å². The normalized spacial score (nSPS) is 26.5. The summed E-state index contributed by atoms with van der Waals surface area (Å²) in [6, 6.07) is 0. The zero-order valence-electron chi connectivity index (χ0n) is 11.3. The highest BCUT2D eigenvalue weighted by molar-refractivity contribution is 5.69. The van der Waals surface area contributed by atoms with E-state index in [1.54, 1.807) is 0 Å². The van der Waals surface area contributed by atoms with E-state index in [0.717, 1.165) is 25.2 Å². The van der Waals surface area contributed by atoms with E-state index in [4.69, 9.17) is 10.5 Å². The number of nitrogens with two attached hydrogens (primary N) is 1. The number of esters is 1. The first-order valence-corrected chi connectivity index (χ1v) is 7.05. The van der Waals surface area contributed by atoms with Crippen molar-refractivity contribution in [2.45, 2.75) is 64.9 Å². The van der Waals surface area contributed by atoms with E-state index in [-0.39, 0.29) is 12.1 Å². The monoisotopic (exact) mass is 241 g/mol. The van der Waals surface area contributed by atoms with Crippen molar-refractivity contribution >= 4 is 5.97 Å². The Morgan fingerprint density at radius 3 is 2.88 bits per heavy atom. The van der Waals surface area contributed by atoms with Crippen molar-refractivity contribution in [3.8, 4) is 0 Å². The molecule has 1 saturated carbocycles. The SMILES string of the molecule is CCC1CCCC(OC(=O)CCC(C)CN)C1. The zero-order chi connectivity index (χ0) is 12.7. The van der Waals surface area contributed by atoms with E-state index < -0.39 is 0 Å². The summed E-state index contributed by atoms with van der Waals surface area (Å²) >= 11 is 0. The summed E-state index contributed by atoms with van der Waals surface area (Å²) in [6.07, 6.45) is 7.37. The fraction of sp³-hybridized carbons (Fsp3) is 0.929. The van der Waals surface area contributed by atoms with E-state index in [1.807, 2.05) is 0 Å². The van der Waals surface area contributed by atoms with Crippen LogP contribution in [0.5, 0.6) is 0 Å². The number of hydrogen-bond donors (Lipinski definition) is 1. The lowest BCUT2D eigenvalue weighted by atomic mass is 9.85. The fourth-order valence-electron chi connectivity index (χ4n) is 2.45. The maximum Gasteiger partial charge on any atom is 0.306 e. The molecule has 3 heteroatoms. The third kappa shape index (κ3) is 5.53. The largest absolute Gasteiger partial charge is 0.462 e. The number of carbonyl (C=O) groups is 1. The van der Waals surface area contributed by atoms with Crippen LogP contribution in [-0.4, -0.2) is 18.6 Å². The maximum atomic E-state index is 11.7. The standard InChI is InChI=1S/C14H27NO2/c1-3-12-5-4-6-13(9-12)17-14(16)8-7-11(2)10-15/h11-13H,3-10,15H2,1-2H3. The van der Waals surface area contributed by atoms with E-state index in [0.29, 0.717) is 18.9 Å². The van der Waals surface area contributed by atoms with Gasteiger partial charge in [-0.2, -0.15) is 0 Å². The predicted octanol–water partition coefficient (Wildman–Crippen LogP) is 2.87. The van der Waals surface area contributed by atoms with Gasteiger partial charge in [0.15, 0.2) is 0 Å². The molecule has 17 heavy (non-hydrogen) atoms. The predicted molar refractivity (Wildman–Crippen MR) is 69.6 cm³/mol. The summed E-state index contributed by atoms with van der Waals surface area (Å²) in [5.41, 5.74) is 5.53. The van der Waals surface area contributed by atoms with Gasteiger partial charge in [-0.1, -0.05) is 26.7 Å². The lowest BCUT2D eigenvalue weighted by Gasteiger charge is -2.28. The van der Waals surface area contributed by atoms with Gasteiger partial charge in [0.25, 0.3) is 0 Å². The van der Waals surface area contributed by atoms with Gasteiger partial charge >= 0.3 is 5.97 Å². The van der Waals surface area contributed by atoms with Crippen molar-refractivity contribution in [2.75, 3.05) is 6.54 Å². The molecule has 1 fully saturated rings. The maximum absolute atomic E-state index is 11.7. The van der Waals surface area contributed by atoms with Crippen LogP contribution in [0.4, 0.5) is 0 Å². The fourth-order valence-corrected chi connectivity index (χ4v) is 2.45. The topological polar surface area (TPSA) is 52.3 Å². The Bertz CT molecular complexity index is 230. The Balaban J connectivity index is 2.21. The van der Waals surface area contributed by atoms with Crippen LogP contribution < -0.4 is 5.73 Å². The first kappa shape index (κ1) is 14.5. The van der Waals surface area contributed by atoms with Gasteiger partial charge < -0.3 is 10.5 Å². The molecule has 0 aromatic heterocycles. The molecule has 3 atom stereocenters. The summed E-state index contributed by atoms with van der Waals surface area (Å²) in [5, 5.41) is 0. The van der Waals surface area contributed by atoms with Crippen LogP contribution in [0.1, 0.15) is 58.8 Å². The Morgan fingerprint density at radius 1 is 1.47 bits per heavy atom. The highest BCUT2D eigenvalue weighted by Crippen LogP contribution is 2.28. The number of ether oxygens (including phenoxy) is 1. The Labute approximate surface area is 105 Å². The molecule has 0 aromatic rings. The van der Waals surface area contributed by atoms with Crippen LogP contribution in [0.2, 0.25) is 0 Å². The molecule has 0 heterocycles. The van der Waals surface area contributed by atoms with Crippen LogP contribution in [0.25, 0.3) is 0 Å². The van der Waals surface area contributed by atoms with Crippen molar-refractivity contribution in [1.29, 1.82) is 0 Å². The number of rotatable bonds is 6.